The van der Waals surface area contributed by atoms with Crippen LogP contribution in [0, 0.1) is 5.82 Å². The van der Waals surface area contributed by atoms with Crippen molar-refractivity contribution >= 4 is 9.84 Å². The van der Waals surface area contributed by atoms with Crippen LogP contribution in [0.2, 0.25) is 0 Å². The Kier molecular flexibility index (Phi) is 5.10. The van der Waals surface area contributed by atoms with Gasteiger partial charge in [0.15, 0.2) is 0 Å². The number of sulfone groups is 1. The highest BCUT2D eigenvalue weighted by Crippen LogP contribution is 2.21. The molecule has 0 saturated carbocycles. The van der Waals surface area contributed by atoms with Gasteiger partial charge in [-0.3, -0.25) is 0 Å². The van der Waals surface area contributed by atoms with E-state index in [9.17, 15) is 17.9 Å². The number of hydrogen-bond donors (Lipinski definition) is 1. The highest BCUT2D eigenvalue weighted by Gasteiger charge is 2.09. The maximum absolute atomic E-state index is 13.5. The van der Waals surface area contributed by atoms with Crippen molar-refractivity contribution in [2.75, 3.05) is 18.6 Å². The van der Waals surface area contributed by atoms with Crippen molar-refractivity contribution < 1.29 is 22.7 Å². The van der Waals surface area contributed by atoms with Gasteiger partial charge in [-0.1, -0.05) is 0 Å². The van der Waals surface area contributed by atoms with E-state index in [-0.39, 0.29) is 17.9 Å². The van der Waals surface area contributed by atoms with E-state index in [1.807, 2.05) is 0 Å². The van der Waals surface area contributed by atoms with Gasteiger partial charge in [-0.2, -0.15) is 0 Å². The molecule has 0 spiro atoms. The summed E-state index contributed by atoms with van der Waals surface area (Å²) in [6.07, 6.45) is 0.646. The summed E-state index contributed by atoms with van der Waals surface area (Å²) in [5, 5.41) is 9.25. The molecule has 0 aliphatic carbocycles. The van der Waals surface area contributed by atoms with Crippen molar-refractivity contribution in [3.63, 3.8) is 0 Å². The minimum Gasteiger partial charge on any atom is -0.493 e. The van der Waals surface area contributed by atoms with Gasteiger partial charge in [-0.25, -0.2) is 12.8 Å². The lowest BCUT2D eigenvalue weighted by molar-refractivity contribution is 0.194. The van der Waals surface area contributed by atoms with Crippen molar-refractivity contribution in [1.82, 2.24) is 0 Å². The second-order valence-electron chi connectivity index (χ2n) is 4.19. The molecule has 1 rings (SSSR count). The molecule has 1 N–H and O–H groups in total. The van der Waals surface area contributed by atoms with Crippen molar-refractivity contribution in [2.24, 2.45) is 0 Å². The topological polar surface area (TPSA) is 63.6 Å². The van der Waals surface area contributed by atoms with Crippen molar-refractivity contribution in [2.45, 2.75) is 19.4 Å². The fourth-order valence-corrected chi connectivity index (χ4v) is 2.09. The average molecular weight is 276 g/mol. The Balaban J connectivity index is 2.52. The van der Waals surface area contributed by atoms with E-state index in [2.05, 4.69) is 0 Å². The Morgan fingerprint density at radius 3 is 2.61 bits per heavy atom. The number of aliphatic hydroxyl groups is 1. The lowest BCUT2D eigenvalue weighted by Crippen LogP contribution is -2.08. The molecule has 4 nitrogen and oxygen atoms in total. The Morgan fingerprint density at radius 1 is 1.44 bits per heavy atom. The van der Waals surface area contributed by atoms with E-state index in [0.717, 1.165) is 6.26 Å². The number of rotatable bonds is 6. The van der Waals surface area contributed by atoms with Crippen molar-refractivity contribution in [3.8, 4) is 5.75 Å². The summed E-state index contributed by atoms with van der Waals surface area (Å²) in [5.41, 5.74) is 0.207. The molecular formula is C12H17FO4S. The van der Waals surface area contributed by atoms with E-state index in [4.69, 9.17) is 4.74 Å². The van der Waals surface area contributed by atoms with Gasteiger partial charge in [0.1, 0.15) is 21.4 Å². The second-order valence-corrected chi connectivity index (χ2v) is 6.45. The molecule has 6 heteroatoms. The van der Waals surface area contributed by atoms with Gasteiger partial charge in [-0.15, -0.1) is 0 Å². The summed E-state index contributed by atoms with van der Waals surface area (Å²) in [6, 6.07) is 4.18. The molecule has 1 atom stereocenters. The fraction of sp³-hybridized carbons (Fsp3) is 0.500. The normalized spacial score (nSPS) is 13.3. The Labute approximate surface area is 106 Å². The monoisotopic (exact) mass is 276 g/mol. The number of hydrogen-bond acceptors (Lipinski definition) is 4. The van der Waals surface area contributed by atoms with Crippen LogP contribution in [-0.2, 0) is 9.84 Å². The molecule has 0 bridgehead atoms. The van der Waals surface area contributed by atoms with Crippen LogP contribution in [0.15, 0.2) is 18.2 Å². The lowest BCUT2D eigenvalue weighted by Gasteiger charge is -2.09. The number of benzene rings is 1. The van der Waals surface area contributed by atoms with Crippen LogP contribution in [0.25, 0.3) is 0 Å². The summed E-state index contributed by atoms with van der Waals surface area (Å²) >= 11 is 0. The number of halogens is 1. The van der Waals surface area contributed by atoms with Gasteiger partial charge in [0.05, 0.1) is 18.5 Å². The van der Waals surface area contributed by atoms with E-state index >= 15 is 0 Å². The molecule has 0 saturated heterocycles. The molecule has 0 fully saturated rings. The number of ether oxygens (including phenoxy) is 1. The first kappa shape index (κ1) is 14.9. The van der Waals surface area contributed by atoms with Crippen LogP contribution in [-0.4, -0.2) is 32.1 Å². The Hall–Kier alpha value is -1.14. The fourth-order valence-electron chi connectivity index (χ4n) is 1.45. The molecule has 1 unspecified atom stereocenters. The van der Waals surface area contributed by atoms with E-state index in [0.29, 0.717) is 12.2 Å². The van der Waals surface area contributed by atoms with Crippen LogP contribution in [0.4, 0.5) is 4.39 Å². The van der Waals surface area contributed by atoms with Gasteiger partial charge < -0.3 is 9.84 Å². The summed E-state index contributed by atoms with van der Waals surface area (Å²) in [5.74, 6) is -0.169. The molecule has 18 heavy (non-hydrogen) atoms. The molecule has 0 radical (unpaired) electrons. The van der Waals surface area contributed by atoms with Crippen LogP contribution >= 0.6 is 0 Å². The minimum absolute atomic E-state index is 0.0429. The Morgan fingerprint density at radius 2 is 2.11 bits per heavy atom. The maximum atomic E-state index is 13.5. The SMILES string of the molecule is CC(O)c1ccc(OCCCS(C)(=O)=O)cc1F. The molecule has 102 valence electrons. The van der Waals surface area contributed by atoms with Gasteiger partial charge in [0.25, 0.3) is 0 Å². The molecule has 0 heterocycles. The highest BCUT2D eigenvalue weighted by molar-refractivity contribution is 7.90. The standard InChI is InChI=1S/C12H17FO4S/c1-9(14)11-5-4-10(8-12(11)13)17-6-3-7-18(2,15)16/h4-5,8-9,14H,3,6-7H2,1-2H3. The third-order valence-corrected chi connectivity index (χ3v) is 3.38. The third-order valence-electron chi connectivity index (χ3n) is 2.35. The van der Waals surface area contributed by atoms with Crippen LogP contribution in [0.3, 0.4) is 0 Å². The van der Waals surface area contributed by atoms with E-state index < -0.39 is 21.8 Å². The van der Waals surface area contributed by atoms with Gasteiger partial charge in [0, 0.05) is 17.9 Å². The first-order chi connectivity index (χ1) is 8.29. The first-order valence-corrected chi connectivity index (χ1v) is 7.63. The average Bonchev–Trinajstić information content (AvgIpc) is 2.22. The largest absolute Gasteiger partial charge is 0.493 e. The highest BCUT2D eigenvalue weighted by atomic mass is 32.2. The summed E-state index contributed by atoms with van der Waals surface area (Å²) in [7, 11) is -2.99. The zero-order chi connectivity index (χ0) is 13.8. The van der Waals surface area contributed by atoms with Gasteiger partial charge in [0.2, 0.25) is 0 Å². The van der Waals surface area contributed by atoms with Crippen LogP contribution in [0.5, 0.6) is 5.75 Å². The maximum Gasteiger partial charge on any atom is 0.147 e. The van der Waals surface area contributed by atoms with Crippen molar-refractivity contribution in [1.29, 1.82) is 0 Å². The van der Waals surface area contributed by atoms with Crippen LogP contribution in [0.1, 0.15) is 25.0 Å². The first-order valence-electron chi connectivity index (χ1n) is 5.57. The van der Waals surface area contributed by atoms with Crippen LogP contribution < -0.4 is 4.74 Å². The second kappa shape index (κ2) is 6.15. The third kappa shape index (κ3) is 5.01. The van der Waals surface area contributed by atoms with E-state index in [1.54, 1.807) is 6.07 Å². The summed E-state index contributed by atoms with van der Waals surface area (Å²) < 4.78 is 40.4. The molecule has 0 aliphatic heterocycles. The van der Waals surface area contributed by atoms with E-state index in [1.165, 1.54) is 19.1 Å². The summed E-state index contributed by atoms with van der Waals surface area (Å²) in [6.45, 7) is 1.69. The molecule has 1 aromatic rings. The quantitative estimate of drug-likeness (QED) is 0.803. The minimum atomic E-state index is -2.99. The zero-order valence-electron chi connectivity index (χ0n) is 10.4. The molecule has 0 amide bonds. The predicted molar refractivity (Wildman–Crippen MR) is 66.9 cm³/mol. The molecule has 0 aliphatic rings. The Bertz CT molecular complexity index is 497. The van der Waals surface area contributed by atoms with Crippen molar-refractivity contribution in [3.05, 3.63) is 29.6 Å². The molecular weight excluding hydrogens is 259 g/mol. The lowest BCUT2D eigenvalue weighted by atomic mass is 10.1. The number of aliphatic hydroxyl groups excluding tert-OH is 1. The smallest absolute Gasteiger partial charge is 0.147 e. The summed E-state index contributed by atoms with van der Waals surface area (Å²) in [4.78, 5) is 0. The van der Waals surface area contributed by atoms with Gasteiger partial charge in [-0.05, 0) is 25.5 Å². The molecule has 1 aromatic carbocycles. The molecule has 0 aromatic heterocycles. The zero-order valence-corrected chi connectivity index (χ0v) is 11.2. The predicted octanol–water partition coefficient (Wildman–Crippen LogP) is 1.69. The van der Waals surface area contributed by atoms with Gasteiger partial charge >= 0.3 is 0 Å².